The van der Waals surface area contributed by atoms with Crippen LogP contribution in [0.4, 0.5) is 8.78 Å². The van der Waals surface area contributed by atoms with Gasteiger partial charge >= 0.3 is 0 Å². The van der Waals surface area contributed by atoms with Crippen molar-refractivity contribution in [3.8, 4) is 0 Å². The Labute approximate surface area is 98.9 Å². The van der Waals surface area contributed by atoms with Gasteiger partial charge in [-0.2, -0.15) is 0 Å². The van der Waals surface area contributed by atoms with Gasteiger partial charge in [-0.25, -0.2) is 8.78 Å². The highest BCUT2D eigenvalue weighted by atomic mass is 19.2. The summed E-state index contributed by atoms with van der Waals surface area (Å²) in [5, 5.41) is 3.03. The molecule has 0 fully saturated rings. The fourth-order valence-corrected chi connectivity index (χ4v) is 1.80. The van der Waals surface area contributed by atoms with Gasteiger partial charge in [-0.05, 0) is 25.2 Å². The maximum atomic E-state index is 13.5. The number of benzene rings is 1. The summed E-state index contributed by atoms with van der Waals surface area (Å²) in [6.07, 6.45) is 1.86. The molecule has 0 aliphatic carbocycles. The zero-order valence-electron chi connectivity index (χ0n) is 9.58. The van der Waals surface area contributed by atoms with Crippen molar-refractivity contribution in [1.82, 2.24) is 9.88 Å². The summed E-state index contributed by atoms with van der Waals surface area (Å²) in [4.78, 5) is 0. The highest BCUT2D eigenvalue weighted by Crippen LogP contribution is 2.14. The number of rotatable bonds is 4. The molecule has 1 aromatic carbocycles. The molecular weight excluding hydrogens is 222 g/mol. The second kappa shape index (κ2) is 5.10. The Morgan fingerprint density at radius 1 is 1.18 bits per heavy atom. The number of hydrogen-bond donors (Lipinski definition) is 1. The lowest BCUT2D eigenvalue weighted by molar-refractivity contribution is 0.494. The van der Waals surface area contributed by atoms with Gasteiger partial charge in [0.25, 0.3) is 0 Å². The largest absolute Gasteiger partial charge is 0.346 e. The minimum absolute atomic E-state index is 0.341. The lowest BCUT2D eigenvalue weighted by atomic mass is 10.2. The van der Waals surface area contributed by atoms with Crippen LogP contribution < -0.4 is 5.32 Å². The van der Waals surface area contributed by atoms with Gasteiger partial charge in [-0.3, -0.25) is 0 Å². The van der Waals surface area contributed by atoms with Crippen LogP contribution in [0.2, 0.25) is 0 Å². The minimum atomic E-state index is -0.801. The summed E-state index contributed by atoms with van der Waals surface area (Å²) >= 11 is 0. The van der Waals surface area contributed by atoms with Crippen molar-refractivity contribution in [3.05, 3.63) is 59.4 Å². The third-order valence-corrected chi connectivity index (χ3v) is 2.65. The van der Waals surface area contributed by atoms with E-state index in [0.29, 0.717) is 18.7 Å². The van der Waals surface area contributed by atoms with E-state index in [1.54, 1.807) is 6.07 Å². The zero-order chi connectivity index (χ0) is 12.3. The zero-order valence-corrected chi connectivity index (χ0v) is 9.58. The highest BCUT2D eigenvalue weighted by Gasteiger charge is 2.09. The van der Waals surface area contributed by atoms with Gasteiger partial charge in [0.2, 0.25) is 0 Å². The lowest BCUT2D eigenvalue weighted by Crippen LogP contribution is -2.12. The standard InChI is InChI=1S/C13H14F2N2/c1-16-8-11-5-3-7-17(11)9-10-4-2-6-12(14)13(10)15/h2-7,16H,8-9H2,1H3. The van der Waals surface area contributed by atoms with Crippen LogP contribution in [0, 0.1) is 11.6 Å². The Hall–Kier alpha value is -1.68. The smallest absolute Gasteiger partial charge is 0.163 e. The molecule has 0 saturated carbocycles. The maximum Gasteiger partial charge on any atom is 0.163 e. The molecule has 2 nitrogen and oxygen atoms in total. The van der Waals surface area contributed by atoms with Gasteiger partial charge in [0, 0.05) is 24.0 Å². The fraction of sp³-hybridized carbons (Fsp3) is 0.231. The van der Waals surface area contributed by atoms with Crippen LogP contribution in [0.25, 0.3) is 0 Å². The number of hydrogen-bond acceptors (Lipinski definition) is 1. The highest BCUT2D eigenvalue weighted by molar-refractivity contribution is 5.20. The first kappa shape index (κ1) is 11.8. The topological polar surface area (TPSA) is 17.0 Å². The molecule has 0 aliphatic rings. The second-order valence-corrected chi connectivity index (χ2v) is 3.87. The molecule has 2 aromatic rings. The van der Waals surface area contributed by atoms with Crippen LogP contribution >= 0.6 is 0 Å². The van der Waals surface area contributed by atoms with Gasteiger partial charge < -0.3 is 9.88 Å². The normalized spacial score (nSPS) is 10.8. The van der Waals surface area contributed by atoms with E-state index in [2.05, 4.69) is 5.32 Å². The van der Waals surface area contributed by atoms with E-state index >= 15 is 0 Å². The summed E-state index contributed by atoms with van der Waals surface area (Å²) in [5.41, 5.74) is 1.40. The van der Waals surface area contributed by atoms with Crippen molar-refractivity contribution in [1.29, 1.82) is 0 Å². The average molecular weight is 236 g/mol. The first-order valence-corrected chi connectivity index (χ1v) is 5.44. The van der Waals surface area contributed by atoms with Gasteiger partial charge in [0.05, 0.1) is 6.54 Å². The molecule has 0 aliphatic heterocycles. The molecule has 1 heterocycles. The summed E-state index contributed by atoms with van der Waals surface area (Å²) in [6.45, 7) is 1.04. The van der Waals surface area contributed by atoms with Crippen molar-refractivity contribution in [2.24, 2.45) is 0 Å². The van der Waals surface area contributed by atoms with Crippen LogP contribution in [0.1, 0.15) is 11.3 Å². The van der Waals surface area contributed by atoms with Crippen LogP contribution in [-0.4, -0.2) is 11.6 Å². The van der Waals surface area contributed by atoms with E-state index < -0.39 is 11.6 Å². The Kier molecular flexibility index (Phi) is 3.54. The van der Waals surface area contributed by atoms with E-state index in [4.69, 9.17) is 0 Å². The Morgan fingerprint density at radius 2 is 2.00 bits per heavy atom. The van der Waals surface area contributed by atoms with E-state index in [-0.39, 0.29) is 0 Å². The third kappa shape index (κ3) is 2.53. The van der Waals surface area contributed by atoms with E-state index in [9.17, 15) is 8.78 Å². The molecular formula is C13H14F2N2. The van der Waals surface area contributed by atoms with E-state index in [0.717, 1.165) is 11.8 Å². The van der Waals surface area contributed by atoms with Gasteiger partial charge in [0.15, 0.2) is 11.6 Å². The van der Waals surface area contributed by atoms with Gasteiger partial charge in [-0.15, -0.1) is 0 Å². The van der Waals surface area contributed by atoms with Gasteiger partial charge in [-0.1, -0.05) is 12.1 Å². The number of nitrogens with zero attached hydrogens (tertiary/aromatic N) is 1. The first-order chi connectivity index (χ1) is 8.22. The molecule has 0 saturated heterocycles. The molecule has 0 bridgehead atoms. The Balaban J connectivity index is 2.25. The molecule has 0 spiro atoms. The summed E-state index contributed by atoms with van der Waals surface area (Å²) in [7, 11) is 1.85. The summed E-state index contributed by atoms with van der Waals surface area (Å²) < 4.78 is 28.5. The Morgan fingerprint density at radius 3 is 2.76 bits per heavy atom. The van der Waals surface area contributed by atoms with Crippen LogP contribution in [0.5, 0.6) is 0 Å². The molecule has 0 radical (unpaired) electrons. The number of aromatic nitrogens is 1. The molecule has 0 unspecified atom stereocenters. The monoisotopic (exact) mass is 236 g/mol. The third-order valence-electron chi connectivity index (χ3n) is 2.65. The summed E-state index contributed by atoms with van der Waals surface area (Å²) in [6, 6.07) is 8.09. The minimum Gasteiger partial charge on any atom is -0.346 e. The fourth-order valence-electron chi connectivity index (χ4n) is 1.80. The molecule has 1 N–H and O–H groups in total. The summed E-state index contributed by atoms with van der Waals surface area (Å²) in [5.74, 6) is -1.57. The van der Waals surface area contributed by atoms with Crippen molar-refractivity contribution in [3.63, 3.8) is 0 Å². The average Bonchev–Trinajstić information content (AvgIpc) is 2.73. The molecule has 4 heteroatoms. The first-order valence-electron chi connectivity index (χ1n) is 5.44. The molecule has 90 valence electrons. The SMILES string of the molecule is CNCc1cccn1Cc1cccc(F)c1F. The van der Waals surface area contributed by atoms with Crippen molar-refractivity contribution < 1.29 is 8.78 Å². The van der Waals surface area contributed by atoms with Gasteiger partial charge in [0.1, 0.15) is 0 Å². The van der Waals surface area contributed by atoms with Crippen molar-refractivity contribution in [2.45, 2.75) is 13.1 Å². The van der Waals surface area contributed by atoms with Crippen LogP contribution in [0.15, 0.2) is 36.5 Å². The maximum absolute atomic E-state index is 13.5. The quantitative estimate of drug-likeness (QED) is 0.863. The van der Waals surface area contributed by atoms with Crippen LogP contribution in [0.3, 0.4) is 0 Å². The Bertz CT molecular complexity index is 506. The lowest BCUT2D eigenvalue weighted by Gasteiger charge is -2.10. The predicted molar refractivity (Wildman–Crippen MR) is 62.7 cm³/mol. The van der Waals surface area contributed by atoms with Crippen LogP contribution in [-0.2, 0) is 13.1 Å². The van der Waals surface area contributed by atoms with E-state index in [1.807, 2.05) is 29.9 Å². The van der Waals surface area contributed by atoms with Crippen molar-refractivity contribution in [2.75, 3.05) is 7.05 Å². The predicted octanol–water partition coefficient (Wildman–Crippen LogP) is 2.53. The number of halogens is 2. The van der Waals surface area contributed by atoms with Crippen molar-refractivity contribution >= 4 is 0 Å². The second-order valence-electron chi connectivity index (χ2n) is 3.87. The van der Waals surface area contributed by atoms with E-state index in [1.165, 1.54) is 6.07 Å². The molecule has 17 heavy (non-hydrogen) atoms. The molecule has 0 amide bonds. The number of nitrogens with one attached hydrogen (secondary N) is 1. The molecule has 0 atom stereocenters. The molecule has 1 aromatic heterocycles. The molecule has 2 rings (SSSR count).